The quantitative estimate of drug-likeness (QED) is 0.108. The summed E-state index contributed by atoms with van der Waals surface area (Å²) in [4.78, 5) is 48.5. The molecule has 1 aromatic heterocycles. The number of hydrogen-bond donors (Lipinski definition) is 3. The van der Waals surface area contributed by atoms with Gasteiger partial charge in [0.25, 0.3) is 0 Å². The van der Waals surface area contributed by atoms with E-state index in [0.717, 1.165) is 72.8 Å². The number of imidazole rings is 1. The Balaban J connectivity index is 0.000000230. The number of amides is 2. The van der Waals surface area contributed by atoms with Crippen LogP contribution in [0.1, 0.15) is 76.5 Å². The first-order chi connectivity index (χ1) is 28.5. The Kier molecular flexibility index (Phi) is 19.3. The molecule has 3 aromatic rings. The second-order valence-electron chi connectivity index (χ2n) is 15.7. The molecular formula is C46H63N7O6. The third-order valence-corrected chi connectivity index (χ3v) is 10.5. The third-order valence-electron chi connectivity index (χ3n) is 10.5. The van der Waals surface area contributed by atoms with Crippen LogP contribution in [-0.2, 0) is 23.8 Å². The summed E-state index contributed by atoms with van der Waals surface area (Å²) in [6.45, 7) is 16.6. The first-order valence-corrected chi connectivity index (χ1v) is 20.6. The van der Waals surface area contributed by atoms with E-state index >= 15 is 0 Å². The minimum Gasteiger partial charge on any atom is -0.453 e. The monoisotopic (exact) mass is 809 g/mol. The van der Waals surface area contributed by atoms with E-state index in [0.29, 0.717) is 37.2 Å². The molecule has 2 amide bonds. The minimum absolute atomic E-state index is 0.00477. The summed E-state index contributed by atoms with van der Waals surface area (Å²) in [5, 5.41) is 5.93. The van der Waals surface area contributed by atoms with E-state index in [1.54, 1.807) is 12.5 Å². The van der Waals surface area contributed by atoms with Crippen molar-refractivity contribution >= 4 is 30.7 Å². The van der Waals surface area contributed by atoms with Crippen LogP contribution in [0.15, 0.2) is 72.2 Å². The zero-order valence-electron chi connectivity index (χ0n) is 35.6. The second kappa shape index (κ2) is 24.6. The number of aromatic amines is 1. The number of likely N-dealkylation sites (tertiary alicyclic amines) is 1. The maximum absolute atomic E-state index is 12.1. The van der Waals surface area contributed by atoms with Crippen LogP contribution in [0, 0.1) is 29.6 Å². The van der Waals surface area contributed by atoms with Gasteiger partial charge in [-0.2, -0.15) is 0 Å². The molecule has 59 heavy (non-hydrogen) atoms. The fourth-order valence-corrected chi connectivity index (χ4v) is 6.97. The fraction of sp³-hybridized carbons (Fsp3) is 0.500. The van der Waals surface area contributed by atoms with Crippen LogP contribution >= 0.6 is 0 Å². The van der Waals surface area contributed by atoms with E-state index in [4.69, 9.17) is 9.47 Å². The van der Waals surface area contributed by atoms with Gasteiger partial charge in [-0.1, -0.05) is 63.8 Å². The normalized spacial score (nSPS) is 18.7. The van der Waals surface area contributed by atoms with Crippen LogP contribution in [0.2, 0.25) is 0 Å². The molecule has 13 heteroatoms. The maximum Gasteiger partial charge on any atom is 0.407 e. The van der Waals surface area contributed by atoms with Crippen LogP contribution in [-0.4, -0.2) is 117 Å². The standard InChI is InChI=1S/C26H27N5.C13H23NO3.C7H13NO3/c1-27-17-25(29-16-24-4-3-15-31(24)2)22-11-7-20(8-12-22)5-6-21-9-13-23(14-10-21)26-18-28-19-30-26;1-10(2)9-12(15)14-5-8-17-13(14)11-3-6-16-7-4-11;1-5(2)6(4-9)8-7(10)11-3/h7-14,17-19,24,29H,1,3-4,15-16H2,2H3,(H,28,30);10-11,13H,3-9H2,1-2H3;4-6H,1-3H3,(H,8,10)/b25-17-;;. The number of aldehydes is 1. The molecule has 0 aliphatic carbocycles. The Hall–Kier alpha value is -5.29. The van der Waals surface area contributed by atoms with Gasteiger partial charge in [0.2, 0.25) is 5.91 Å². The highest BCUT2D eigenvalue weighted by Gasteiger charge is 2.36. The molecular weight excluding hydrogens is 747 g/mol. The topological polar surface area (TPSA) is 150 Å². The van der Waals surface area contributed by atoms with Gasteiger partial charge in [-0.25, -0.2) is 9.78 Å². The summed E-state index contributed by atoms with van der Waals surface area (Å²) in [7, 11) is 3.45. The summed E-state index contributed by atoms with van der Waals surface area (Å²) < 4.78 is 15.4. The Bertz CT molecular complexity index is 1830. The van der Waals surface area contributed by atoms with E-state index in [2.05, 4.69) is 86.8 Å². The molecule has 2 aromatic carbocycles. The number of likely N-dealkylation sites (N-methyl/N-ethyl adjacent to an activating group) is 1. The summed E-state index contributed by atoms with van der Waals surface area (Å²) in [6.07, 6.45) is 10.6. The lowest BCUT2D eigenvalue weighted by atomic mass is 9.97. The van der Waals surface area contributed by atoms with Gasteiger partial charge in [0.1, 0.15) is 12.5 Å². The molecule has 0 radical (unpaired) electrons. The number of alkyl carbamates (subject to hydrolysis) is 1. The summed E-state index contributed by atoms with van der Waals surface area (Å²) in [5.41, 5.74) is 6.13. The number of aliphatic imine (C=N–C) groups is 1. The van der Waals surface area contributed by atoms with Crippen LogP contribution in [0.5, 0.6) is 0 Å². The number of hydrogen-bond acceptors (Lipinski definition) is 10. The van der Waals surface area contributed by atoms with Gasteiger partial charge in [-0.15, -0.1) is 0 Å². The van der Waals surface area contributed by atoms with Gasteiger partial charge in [0, 0.05) is 62.0 Å². The van der Waals surface area contributed by atoms with Crippen molar-refractivity contribution in [3.8, 4) is 23.1 Å². The maximum atomic E-state index is 12.1. The van der Waals surface area contributed by atoms with Crippen molar-refractivity contribution < 1.29 is 28.6 Å². The van der Waals surface area contributed by atoms with Crippen molar-refractivity contribution in [2.24, 2.45) is 22.7 Å². The number of carbonyl (C=O) groups excluding carboxylic acids is 3. The summed E-state index contributed by atoms with van der Waals surface area (Å²) in [5.74, 6) is 7.69. The van der Waals surface area contributed by atoms with Crippen molar-refractivity contribution in [1.29, 1.82) is 0 Å². The van der Waals surface area contributed by atoms with Gasteiger partial charge < -0.3 is 44.4 Å². The molecule has 3 aliphatic heterocycles. The number of carbonyl (C=O) groups is 3. The number of nitrogens with zero attached hydrogens (tertiary/aromatic N) is 4. The van der Waals surface area contributed by atoms with Gasteiger partial charge in [0.05, 0.1) is 43.7 Å². The smallest absolute Gasteiger partial charge is 0.407 e. The largest absolute Gasteiger partial charge is 0.453 e. The zero-order chi connectivity index (χ0) is 42.6. The molecule has 318 valence electrons. The van der Waals surface area contributed by atoms with Gasteiger partial charge in [-0.05, 0) is 93.2 Å². The highest BCUT2D eigenvalue weighted by Crippen LogP contribution is 2.28. The molecule has 4 heterocycles. The average molecular weight is 810 g/mol. The number of H-pyrrole nitrogens is 1. The molecule has 0 spiro atoms. The average Bonchev–Trinajstić information content (AvgIpc) is 4.05. The van der Waals surface area contributed by atoms with E-state index in [1.807, 2.05) is 61.3 Å². The predicted octanol–water partition coefficient (Wildman–Crippen LogP) is 6.37. The summed E-state index contributed by atoms with van der Waals surface area (Å²) >= 11 is 0. The number of benzene rings is 2. The first-order valence-electron chi connectivity index (χ1n) is 20.6. The number of rotatable bonds is 12. The Morgan fingerprint density at radius 1 is 1.02 bits per heavy atom. The number of methoxy groups -OCH3 is 1. The molecule has 3 saturated heterocycles. The highest BCUT2D eigenvalue weighted by molar-refractivity contribution is 5.77. The Morgan fingerprint density at radius 2 is 1.69 bits per heavy atom. The molecule has 0 bridgehead atoms. The lowest BCUT2D eigenvalue weighted by molar-refractivity contribution is -0.141. The van der Waals surface area contributed by atoms with Crippen molar-refractivity contribution in [2.45, 2.75) is 78.1 Å². The van der Waals surface area contributed by atoms with Crippen molar-refractivity contribution in [3.63, 3.8) is 0 Å². The first kappa shape index (κ1) is 46.4. The SMILES string of the molecule is C=N/C=C(\NCC1CCCN1C)c1ccc(C#Cc2ccc(-c3cnc[nH]3)cc2)cc1.CC(C)CC(=O)N1CCOC1C1CCOCC1.COC(=O)NC(C=O)C(C)C. The molecule has 3 atom stereocenters. The lowest BCUT2D eigenvalue weighted by Crippen LogP contribution is -2.43. The highest BCUT2D eigenvalue weighted by atomic mass is 16.5. The molecule has 3 aliphatic rings. The number of nitrogens with one attached hydrogen (secondary N) is 3. The fourth-order valence-electron chi connectivity index (χ4n) is 6.97. The van der Waals surface area contributed by atoms with Crippen LogP contribution < -0.4 is 10.6 Å². The molecule has 6 rings (SSSR count). The second-order valence-corrected chi connectivity index (χ2v) is 15.7. The van der Waals surface area contributed by atoms with Gasteiger partial charge in [-0.3, -0.25) is 9.79 Å². The van der Waals surface area contributed by atoms with Crippen LogP contribution in [0.4, 0.5) is 4.79 Å². The van der Waals surface area contributed by atoms with Crippen LogP contribution in [0.3, 0.4) is 0 Å². The van der Waals surface area contributed by atoms with Crippen molar-refractivity contribution in [2.75, 3.05) is 53.6 Å². The molecule has 3 fully saturated rings. The van der Waals surface area contributed by atoms with Gasteiger partial charge in [0.15, 0.2) is 0 Å². The molecule has 3 unspecified atom stereocenters. The van der Waals surface area contributed by atoms with Crippen molar-refractivity contribution in [3.05, 3.63) is 83.9 Å². The predicted molar refractivity (Wildman–Crippen MR) is 232 cm³/mol. The third kappa shape index (κ3) is 15.1. The van der Waals surface area contributed by atoms with E-state index < -0.39 is 12.1 Å². The lowest BCUT2D eigenvalue weighted by Gasteiger charge is -2.32. The summed E-state index contributed by atoms with van der Waals surface area (Å²) in [6, 6.07) is 16.5. The van der Waals surface area contributed by atoms with Crippen molar-refractivity contribution in [1.82, 2.24) is 30.4 Å². The number of ether oxygens (including phenoxy) is 3. The minimum atomic E-state index is -0.573. The van der Waals surface area contributed by atoms with E-state index in [9.17, 15) is 14.4 Å². The Morgan fingerprint density at radius 3 is 2.24 bits per heavy atom. The van der Waals surface area contributed by atoms with E-state index in [1.165, 1.54) is 26.5 Å². The molecule has 13 nitrogen and oxygen atoms in total. The molecule has 0 saturated carbocycles. The van der Waals surface area contributed by atoms with E-state index in [-0.39, 0.29) is 18.1 Å². The number of aromatic nitrogens is 2. The Labute approximate surface area is 350 Å². The van der Waals surface area contributed by atoms with Crippen LogP contribution in [0.25, 0.3) is 17.0 Å². The zero-order valence-corrected chi connectivity index (χ0v) is 35.6. The van der Waals surface area contributed by atoms with Gasteiger partial charge >= 0.3 is 6.09 Å². The molecule has 3 N–H and O–H groups in total.